The van der Waals surface area contributed by atoms with E-state index in [9.17, 15) is 24.8 Å². The first-order valence-corrected chi connectivity index (χ1v) is 7.24. The first-order valence-electron chi connectivity index (χ1n) is 7.24. The van der Waals surface area contributed by atoms with Crippen LogP contribution in [-0.4, -0.2) is 39.9 Å². The van der Waals surface area contributed by atoms with Crippen molar-refractivity contribution in [2.75, 3.05) is 13.1 Å². The normalized spacial score (nSPS) is 24.3. The lowest BCUT2D eigenvalue weighted by molar-refractivity contribution is -0.384. The molecule has 2 fully saturated rings. The average Bonchev–Trinajstić information content (AvgIpc) is 3.25. The molecule has 0 radical (unpaired) electrons. The lowest BCUT2D eigenvalue weighted by Crippen LogP contribution is -2.29. The molecule has 2 atom stereocenters. The van der Waals surface area contributed by atoms with Crippen LogP contribution in [0.5, 0.6) is 0 Å². The van der Waals surface area contributed by atoms with Gasteiger partial charge >= 0.3 is 5.97 Å². The van der Waals surface area contributed by atoms with Gasteiger partial charge in [-0.3, -0.25) is 19.7 Å². The van der Waals surface area contributed by atoms with Crippen molar-refractivity contribution in [2.45, 2.75) is 12.8 Å². The molecule has 3 rings (SSSR count). The molecule has 0 spiro atoms. The highest BCUT2D eigenvalue weighted by molar-refractivity contribution is 5.95. The van der Waals surface area contributed by atoms with Crippen molar-refractivity contribution in [2.24, 2.45) is 17.8 Å². The fraction of sp³-hybridized carbons (Fsp3) is 0.467. The molecular formula is C15H16N2O5. The summed E-state index contributed by atoms with van der Waals surface area (Å²) in [5.41, 5.74) is 0.0911. The monoisotopic (exact) mass is 304 g/mol. The standard InChI is InChI=1S/C15H16N2O5/c18-14(10-2-1-3-11(6-10)17(21)22)16-7-12(9-4-5-9)13(8-16)15(19)20/h1-3,6,9,12-13H,4-5,7-8H2,(H,19,20)/t12-,13+/m1/s1. The lowest BCUT2D eigenvalue weighted by atomic mass is 9.92. The van der Waals surface area contributed by atoms with Gasteiger partial charge in [-0.25, -0.2) is 0 Å². The van der Waals surface area contributed by atoms with E-state index in [4.69, 9.17) is 0 Å². The molecule has 1 saturated heterocycles. The Hall–Kier alpha value is -2.44. The Morgan fingerprint density at radius 3 is 2.59 bits per heavy atom. The van der Waals surface area contributed by atoms with E-state index < -0.39 is 16.8 Å². The summed E-state index contributed by atoms with van der Waals surface area (Å²) in [4.78, 5) is 35.6. The number of likely N-dealkylation sites (tertiary alicyclic amines) is 1. The second-order valence-electron chi connectivity index (χ2n) is 5.96. The number of carbonyl (C=O) groups is 2. The van der Waals surface area contributed by atoms with Gasteiger partial charge in [-0.2, -0.15) is 0 Å². The number of carboxylic acids is 1. The van der Waals surface area contributed by atoms with E-state index in [0.717, 1.165) is 12.8 Å². The number of aliphatic carboxylic acids is 1. The van der Waals surface area contributed by atoms with Crippen LogP contribution in [0.25, 0.3) is 0 Å². The van der Waals surface area contributed by atoms with Gasteiger partial charge in [0.1, 0.15) is 0 Å². The van der Waals surface area contributed by atoms with Gasteiger partial charge in [-0.05, 0) is 30.7 Å². The third-order valence-electron chi connectivity index (χ3n) is 4.50. The SMILES string of the molecule is O=C(O)[C@H]1CN(C(=O)c2cccc([N+](=O)[O-])c2)C[C@@H]1C1CC1. The fourth-order valence-electron chi connectivity index (χ4n) is 3.19. The van der Waals surface area contributed by atoms with Gasteiger partial charge in [0, 0.05) is 30.8 Å². The van der Waals surface area contributed by atoms with Crippen LogP contribution in [0.2, 0.25) is 0 Å². The smallest absolute Gasteiger partial charge is 0.308 e. The molecule has 2 aliphatic rings. The van der Waals surface area contributed by atoms with Gasteiger partial charge in [0.25, 0.3) is 11.6 Å². The van der Waals surface area contributed by atoms with E-state index in [0.29, 0.717) is 12.5 Å². The number of nitro benzene ring substituents is 1. The third kappa shape index (κ3) is 2.66. The lowest BCUT2D eigenvalue weighted by Gasteiger charge is -2.16. The molecule has 1 aliphatic carbocycles. The summed E-state index contributed by atoms with van der Waals surface area (Å²) in [6.07, 6.45) is 2.04. The molecule has 1 aromatic carbocycles. The second-order valence-corrected chi connectivity index (χ2v) is 5.96. The Morgan fingerprint density at radius 2 is 2.00 bits per heavy atom. The molecule has 1 saturated carbocycles. The molecule has 7 heteroatoms. The van der Waals surface area contributed by atoms with E-state index in [2.05, 4.69) is 0 Å². The number of carboxylic acid groups (broad SMARTS) is 1. The van der Waals surface area contributed by atoms with Crippen LogP contribution in [0.1, 0.15) is 23.2 Å². The van der Waals surface area contributed by atoms with Crippen molar-refractivity contribution in [1.82, 2.24) is 4.90 Å². The van der Waals surface area contributed by atoms with Gasteiger partial charge < -0.3 is 10.0 Å². The molecule has 0 aromatic heterocycles. The average molecular weight is 304 g/mol. The Balaban J connectivity index is 1.79. The van der Waals surface area contributed by atoms with Gasteiger partial charge in [-0.15, -0.1) is 0 Å². The van der Waals surface area contributed by atoms with Crippen molar-refractivity contribution < 1.29 is 19.6 Å². The molecule has 1 N–H and O–H groups in total. The van der Waals surface area contributed by atoms with E-state index in [1.54, 1.807) is 0 Å². The summed E-state index contributed by atoms with van der Waals surface area (Å²) in [6, 6.07) is 5.56. The van der Waals surface area contributed by atoms with Crippen molar-refractivity contribution in [3.63, 3.8) is 0 Å². The van der Waals surface area contributed by atoms with E-state index in [1.165, 1.54) is 29.2 Å². The van der Waals surface area contributed by atoms with Crippen LogP contribution in [0.15, 0.2) is 24.3 Å². The van der Waals surface area contributed by atoms with Crippen molar-refractivity contribution in [3.8, 4) is 0 Å². The maximum absolute atomic E-state index is 12.5. The van der Waals surface area contributed by atoms with Crippen LogP contribution in [0, 0.1) is 27.9 Å². The minimum atomic E-state index is -0.869. The zero-order chi connectivity index (χ0) is 15.9. The van der Waals surface area contributed by atoms with Crippen LogP contribution in [-0.2, 0) is 4.79 Å². The fourth-order valence-corrected chi connectivity index (χ4v) is 3.19. The second kappa shape index (κ2) is 5.40. The first-order chi connectivity index (χ1) is 10.5. The van der Waals surface area contributed by atoms with Crippen molar-refractivity contribution in [1.29, 1.82) is 0 Å². The number of amides is 1. The topological polar surface area (TPSA) is 101 Å². The molecule has 1 amide bonds. The summed E-state index contributed by atoms with van der Waals surface area (Å²) < 4.78 is 0. The minimum Gasteiger partial charge on any atom is -0.481 e. The van der Waals surface area contributed by atoms with Crippen LogP contribution in [0.3, 0.4) is 0 Å². The number of carbonyl (C=O) groups excluding carboxylic acids is 1. The van der Waals surface area contributed by atoms with E-state index in [-0.39, 0.29) is 29.6 Å². The zero-order valence-corrected chi connectivity index (χ0v) is 11.8. The third-order valence-corrected chi connectivity index (χ3v) is 4.50. The Kier molecular flexibility index (Phi) is 3.56. The van der Waals surface area contributed by atoms with Crippen LogP contribution < -0.4 is 0 Å². The maximum Gasteiger partial charge on any atom is 0.308 e. The van der Waals surface area contributed by atoms with Gasteiger partial charge in [0.05, 0.1) is 10.8 Å². The number of rotatable bonds is 4. The number of non-ortho nitro benzene ring substituents is 1. The molecule has 0 unspecified atom stereocenters. The molecule has 1 aliphatic heterocycles. The van der Waals surface area contributed by atoms with Crippen LogP contribution >= 0.6 is 0 Å². The summed E-state index contributed by atoms with van der Waals surface area (Å²) in [6.45, 7) is 0.598. The number of hydrogen-bond donors (Lipinski definition) is 1. The van der Waals surface area contributed by atoms with Gasteiger partial charge in [0.15, 0.2) is 0 Å². The molecule has 116 valence electrons. The Morgan fingerprint density at radius 1 is 1.27 bits per heavy atom. The molecular weight excluding hydrogens is 288 g/mol. The van der Waals surface area contributed by atoms with Crippen LogP contribution in [0.4, 0.5) is 5.69 Å². The van der Waals surface area contributed by atoms with Gasteiger partial charge in [0.2, 0.25) is 0 Å². The highest BCUT2D eigenvalue weighted by Crippen LogP contribution is 2.44. The summed E-state index contributed by atoms with van der Waals surface area (Å²) in [7, 11) is 0. The summed E-state index contributed by atoms with van der Waals surface area (Å²) in [5.74, 6) is -1.34. The number of hydrogen-bond acceptors (Lipinski definition) is 4. The van der Waals surface area contributed by atoms with Crippen molar-refractivity contribution in [3.05, 3.63) is 39.9 Å². The predicted octanol–water partition coefficient (Wildman–Crippen LogP) is 1.78. The predicted molar refractivity (Wildman–Crippen MR) is 76.3 cm³/mol. The maximum atomic E-state index is 12.5. The minimum absolute atomic E-state index is 0.000137. The highest BCUT2D eigenvalue weighted by Gasteiger charge is 2.46. The quantitative estimate of drug-likeness (QED) is 0.675. The number of nitro groups is 1. The van der Waals surface area contributed by atoms with Gasteiger partial charge in [-0.1, -0.05) is 6.07 Å². The number of nitrogens with zero attached hydrogens (tertiary/aromatic N) is 2. The highest BCUT2D eigenvalue weighted by atomic mass is 16.6. The van der Waals surface area contributed by atoms with E-state index in [1.807, 2.05) is 0 Å². The molecule has 7 nitrogen and oxygen atoms in total. The number of benzene rings is 1. The van der Waals surface area contributed by atoms with E-state index >= 15 is 0 Å². The largest absolute Gasteiger partial charge is 0.481 e. The molecule has 1 heterocycles. The first kappa shape index (κ1) is 14.5. The Bertz CT molecular complexity index is 641. The summed E-state index contributed by atoms with van der Waals surface area (Å²) in [5, 5.41) is 20.1. The zero-order valence-electron chi connectivity index (χ0n) is 11.8. The molecule has 0 bridgehead atoms. The Labute approximate surface area is 126 Å². The molecule has 22 heavy (non-hydrogen) atoms. The summed E-state index contributed by atoms with van der Waals surface area (Å²) >= 11 is 0. The van der Waals surface area contributed by atoms with Crippen molar-refractivity contribution >= 4 is 17.6 Å². The molecule has 1 aromatic rings.